The predicted octanol–water partition coefficient (Wildman–Crippen LogP) is 4.18. The van der Waals surface area contributed by atoms with Gasteiger partial charge in [-0.25, -0.2) is 0 Å². The number of benzene rings is 2. The summed E-state index contributed by atoms with van der Waals surface area (Å²) in [5, 5.41) is 15.4. The molecule has 0 radical (unpaired) electrons. The number of methoxy groups -OCH3 is 1. The van der Waals surface area contributed by atoms with E-state index < -0.39 is 0 Å². The second kappa shape index (κ2) is 11.0. The summed E-state index contributed by atoms with van der Waals surface area (Å²) in [7, 11) is 1.58. The minimum absolute atomic E-state index is 0.162. The van der Waals surface area contributed by atoms with Gasteiger partial charge in [-0.3, -0.25) is 9.59 Å². The maximum atomic E-state index is 12.6. The summed E-state index contributed by atoms with van der Waals surface area (Å²) in [5.41, 5.74) is 1.20. The quantitative estimate of drug-likeness (QED) is 0.452. The Morgan fingerprint density at radius 2 is 1.81 bits per heavy atom. The minimum atomic E-state index is -0.366. The molecule has 10 heteroatoms. The smallest absolute Gasteiger partial charge is 0.251 e. The van der Waals surface area contributed by atoms with Crippen LogP contribution in [0.4, 0.5) is 5.69 Å². The first-order chi connectivity index (χ1) is 15.4. The van der Waals surface area contributed by atoms with E-state index in [1.165, 1.54) is 11.8 Å². The number of halogens is 1. The number of carbonyl (C=O) groups excluding carboxylic acids is 2. The molecule has 0 fully saturated rings. The molecule has 1 heterocycles. The van der Waals surface area contributed by atoms with Crippen LogP contribution in [-0.4, -0.2) is 39.4 Å². The maximum absolute atomic E-state index is 12.6. The Balaban J connectivity index is 1.60. The number of hydrogen-bond acceptors (Lipinski definition) is 6. The van der Waals surface area contributed by atoms with Gasteiger partial charge in [0.05, 0.1) is 18.9 Å². The van der Waals surface area contributed by atoms with E-state index in [4.69, 9.17) is 16.3 Å². The van der Waals surface area contributed by atoms with Crippen molar-refractivity contribution in [3.05, 3.63) is 64.9 Å². The van der Waals surface area contributed by atoms with Crippen LogP contribution in [0, 0.1) is 0 Å². The van der Waals surface area contributed by atoms with Gasteiger partial charge in [-0.05, 0) is 62.4 Å². The van der Waals surface area contributed by atoms with Gasteiger partial charge in [0.1, 0.15) is 5.75 Å². The summed E-state index contributed by atoms with van der Waals surface area (Å²) in [6.07, 6.45) is 0. The molecule has 0 saturated heterocycles. The SMILES string of the molecule is CCn1c(SCC(=O)Nc2ccc(Cl)cc2)nnc1[C@@H](C)NC(=O)c1ccc(OC)cc1. The number of nitrogens with one attached hydrogen (secondary N) is 2. The molecule has 8 nitrogen and oxygen atoms in total. The lowest BCUT2D eigenvalue weighted by molar-refractivity contribution is -0.113. The lowest BCUT2D eigenvalue weighted by atomic mass is 10.2. The topological polar surface area (TPSA) is 98.1 Å². The molecule has 0 aliphatic heterocycles. The van der Waals surface area contributed by atoms with Gasteiger partial charge in [0.25, 0.3) is 5.91 Å². The molecule has 2 amide bonds. The fourth-order valence-electron chi connectivity index (χ4n) is 2.97. The van der Waals surface area contributed by atoms with Crippen LogP contribution in [0.2, 0.25) is 5.02 Å². The molecule has 2 aromatic carbocycles. The van der Waals surface area contributed by atoms with Crippen molar-refractivity contribution in [2.24, 2.45) is 0 Å². The zero-order valence-corrected chi connectivity index (χ0v) is 19.5. The summed E-state index contributed by atoms with van der Waals surface area (Å²) >= 11 is 7.15. The van der Waals surface area contributed by atoms with Crippen LogP contribution in [0.15, 0.2) is 53.7 Å². The normalized spacial score (nSPS) is 11.6. The molecule has 1 atom stereocenters. The van der Waals surface area contributed by atoms with Gasteiger partial charge in [-0.1, -0.05) is 23.4 Å². The number of rotatable bonds is 9. The van der Waals surface area contributed by atoms with Gasteiger partial charge in [-0.2, -0.15) is 0 Å². The van der Waals surface area contributed by atoms with Crippen molar-refractivity contribution >= 4 is 40.9 Å². The largest absolute Gasteiger partial charge is 0.497 e. The van der Waals surface area contributed by atoms with Crippen molar-refractivity contribution in [2.75, 3.05) is 18.2 Å². The second-order valence-corrected chi connectivity index (χ2v) is 8.23. The van der Waals surface area contributed by atoms with Crippen molar-refractivity contribution < 1.29 is 14.3 Å². The summed E-state index contributed by atoms with van der Waals surface area (Å²) in [6, 6.07) is 13.4. The highest BCUT2D eigenvalue weighted by Crippen LogP contribution is 2.22. The Morgan fingerprint density at radius 3 is 2.44 bits per heavy atom. The van der Waals surface area contributed by atoms with Crippen LogP contribution in [0.3, 0.4) is 0 Å². The molecule has 0 bridgehead atoms. The molecule has 0 aliphatic rings. The van der Waals surface area contributed by atoms with Crippen molar-refractivity contribution in [1.29, 1.82) is 0 Å². The van der Waals surface area contributed by atoms with E-state index >= 15 is 0 Å². The molecule has 0 aliphatic carbocycles. The second-order valence-electron chi connectivity index (χ2n) is 6.85. The highest BCUT2D eigenvalue weighted by molar-refractivity contribution is 7.99. The zero-order chi connectivity index (χ0) is 23.1. The van der Waals surface area contributed by atoms with Crippen LogP contribution in [0.1, 0.15) is 36.1 Å². The van der Waals surface area contributed by atoms with Crippen molar-refractivity contribution in [2.45, 2.75) is 31.6 Å². The number of nitrogens with zero attached hydrogens (tertiary/aromatic N) is 3. The lowest BCUT2D eigenvalue weighted by Gasteiger charge is -2.15. The first-order valence-electron chi connectivity index (χ1n) is 9.97. The van der Waals surface area contributed by atoms with Gasteiger partial charge >= 0.3 is 0 Å². The van der Waals surface area contributed by atoms with Crippen LogP contribution >= 0.6 is 23.4 Å². The third kappa shape index (κ3) is 6.02. The van der Waals surface area contributed by atoms with Gasteiger partial charge in [0.2, 0.25) is 5.91 Å². The molecule has 168 valence electrons. The molecule has 0 spiro atoms. The Hall–Kier alpha value is -3.04. The van der Waals surface area contributed by atoms with Crippen LogP contribution < -0.4 is 15.4 Å². The number of hydrogen-bond donors (Lipinski definition) is 2. The van der Waals surface area contributed by atoms with Gasteiger partial charge in [0, 0.05) is 22.8 Å². The van der Waals surface area contributed by atoms with Crippen LogP contribution in [0.5, 0.6) is 5.75 Å². The molecular weight excluding hydrogens is 450 g/mol. The maximum Gasteiger partial charge on any atom is 0.251 e. The minimum Gasteiger partial charge on any atom is -0.497 e. The summed E-state index contributed by atoms with van der Waals surface area (Å²) in [4.78, 5) is 24.8. The number of carbonyl (C=O) groups is 2. The molecular formula is C22H24ClN5O3S. The van der Waals surface area contributed by atoms with Crippen molar-refractivity contribution in [1.82, 2.24) is 20.1 Å². The molecule has 3 rings (SSSR count). The Kier molecular flexibility index (Phi) is 8.13. The Bertz CT molecular complexity index is 1070. The van der Waals surface area contributed by atoms with Gasteiger partial charge in [0.15, 0.2) is 11.0 Å². The predicted molar refractivity (Wildman–Crippen MR) is 125 cm³/mol. The molecule has 2 N–H and O–H groups in total. The first-order valence-corrected chi connectivity index (χ1v) is 11.3. The molecule has 0 unspecified atom stereocenters. The third-order valence-electron chi connectivity index (χ3n) is 4.61. The first kappa shape index (κ1) is 23.6. The average molecular weight is 474 g/mol. The summed E-state index contributed by atoms with van der Waals surface area (Å²) in [5.74, 6) is 1.10. The van der Waals surface area contributed by atoms with E-state index in [1.54, 1.807) is 55.6 Å². The Labute approximate surface area is 195 Å². The van der Waals surface area contributed by atoms with E-state index in [0.29, 0.717) is 39.5 Å². The van der Waals surface area contributed by atoms with Crippen LogP contribution in [-0.2, 0) is 11.3 Å². The molecule has 32 heavy (non-hydrogen) atoms. The number of amides is 2. The van der Waals surface area contributed by atoms with Gasteiger partial charge in [-0.15, -0.1) is 10.2 Å². The molecule has 1 aromatic heterocycles. The standard InChI is InChI=1S/C22H24ClN5O3S/c1-4-28-20(14(2)24-21(30)15-5-11-18(31-3)12-6-15)26-27-22(28)32-13-19(29)25-17-9-7-16(23)8-10-17/h5-12,14H,4,13H2,1-3H3,(H,24,30)(H,25,29)/t14-/m1/s1. The fourth-order valence-corrected chi connectivity index (χ4v) is 3.91. The van der Waals surface area contributed by atoms with E-state index in [1.807, 2.05) is 18.4 Å². The van der Waals surface area contributed by atoms with Crippen molar-refractivity contribution in [3.8, 4) is 5.75 Å². The zero-order valence-electron chi connectivity index (χ0n) is 18.0. The Morgan fingerprint density at radius 1 is 1.12 bits per heavy atom. The fraction of sp³-hybridized carbons (Fsp3) is 0.273. The molecule has 3 aromatic rings. The lowest BCUT2D eigenvalue weighted by Crippen LogP contribution is -2.28. The van der Waals surface area contributed by atoms with Gasteiger partial charge < -0.3 is 19.9 Å². The van der Waals surface area contributed by atoms with E-state index in [9.17, 15) is 9.59 Å². The van der Waals surface area contributed by atoms with E-state index in [-0.39, 0.29) is 23.6 Å². The van der Waals surface area contributed by atoms with E-state index in [2.05, 4.69) is 20.8 Å². The highest BCUT2D eigenvalue weighted by Gasteiger charge is 2.20. The highest BCUT2D eigenvalue weighted by atomic mass is 35.5. The number of thioether (sulfide) groups is 1. The average Bonchev–Trinajstić information content (AvgIpc) is 3.22. The van der Waals surface area contributed by atoms with Crippen molar-refractivity contribution in [3.63, 3.8) is 0 Å². The number of anilines is 1. The number of aromatic nitrogens is 3. The summed E-state index contributed by atoms with van der Waals surface area (Å²) < 4.78 is 7.01. The molecule has 0 saturated carbocycles. The number of ether oxygens (including phenoxy) is 1. The van der Waals surface area contributed by atoms with E-state index in [0.717, 1.165) is 0 Å². The van der Waals surface area contributed by atoms with Crippen LogP contribution in [0.25, 0.3) is 0 Å². The monoisotopic (exact) mass is 473 g/mol. The third-order valence-corrected chi connectivity index (χ3v) is 5.83. The summed E-state index contributed by atoms with van der Waals surface area (Å²) in [6.45, 7) is 4.41.